The molecule has 3 N–H and O–H groups in total. The Morgan fingerprint density at radius 1 is 1.23 bits per heavy atom. The van der Waals surface area contributed by atoms with Crippen molar-refractivity contribution in [2.75, 3.05) is 0 Å². The molecule has 1 amide bonds. The van der Waals surface area contributed by atoms with Gasteiger partial charge in [-0.15, -0.1) is 12.4 Å². The van der Waals surface area contributed by atoms with Crippen molar-refractivity contribution in [1.29, 1.82) is 0 Å². The summed E-state index contributed by atoms with van der Waals surface area (Å²) in [4.78, 5) is 16.3. The molecule has 0 aliphatic carbocycles. The number of nitrogens with two attached hydrogens (primary N) is 1. The van der Waals surface area contributed by atoms with Crippen LogP contribution in [-0.2, 0) is 4.79 Å². The lowest BCUT2D eigenvalue weighted by molar-refractivity contribution is -0.125. The van der Waals surface area contributed by atoms with Crippen molar-refractivity contribution >= 4 is 18.3 Å². The molecule has 1 aromatic carbocycles. The van der Waals surface area contributed by atoms with E-state index in [4.69, 9.17) is 10.3 Å². The van der Waals surface area contributed by atoms with Gasteiger partial charge < -0.3 is 15.6 Å². The quantitative estimate of drug-likeness (QED) is 0.880. The fourth-order valence-corrected chi connectivity index (χ4v) is 1.76. The summed E-state index contributed by atoms with van der Waals surface area (Å²) in [6, 6.07) is 8.95. The third kappa shape index (κ3) is 4.29. The Bertz CT molecular complexity index is 601. The number of nitrogens with zero attached hydrogens (tertiary/aromatic N) is 2. The summed E-state index contributed by atoms with van der Waals surface area (Å²) in [7, 11) is 0. The van der Waals surface area contributed by atoms with Gasteiger partial charge in [-0.1, -0.05) is 30.3 Å². The molecule has 0 radical (unpaired) electrons. The Morgan fingerprint density at radius 2 is 1.86 bits per heavy atom. The van der Waals surface area contributed by atoms with Gasteiger partial charge in [0.1, 0.15) is 0 Å². The van der Waals surface area contributed by atoms with Crippen LogP contribution in [-0.4, -0.2) is 22.1 Å². The maximum Gasteiger partial charge on any atom is 0.257 e. The van der Waals surface area contributed by atoms with Crippen LogP contribution < -0.4 is 11.1 Å². The molecule has 0 fully saturated rings. The Kier molecular flexibility index (Phi) is 6.52. The van der Waals surface area contributed by atoms with E-state index in [0.717, 1.165) is 5.56 Å². The first-order chi connectivity index (χ1) is 9.99. The highest BCUT2D eigenvalue weighted by Crippen LogP contribution is 2.19. The van der Waals surface area contributed by atoms with Crippen molar-refractivity contribution in [2.24, 2.45) is 11.7 Å². The maximum atomic E-state index is 12.0. The summed E-state index contributed by atoms with van der Waals surface area (Å²) < 4.78 is 5.22. The van der Waals surface area contributed by atoms with Crippen LogP contribution in [0.25, 0.3) is 11.5 Å². The van der Waals surface area contributed by atoms with Crippen molar-refractivity contribution in [2.45, 2.75) is 32.9 Å². The van der Waals surface area contributed by atoms with E-state index < -0.39 is 0 Å². The summed E-state index contributed by atoms with van der Waals surface area (Å²) in [5.41, 5.74) is 6.57. The van der Waals surface area contributed by atoms with Gasteiger partial charge in [0.2, 0.25) is 5.91 Å². The number of rotatable bonds is 5. The lowest BCUT2D eigenvalue weighted by Gasteiger charge is -2.17. The average Bonchev–Trinajstić information content (AvgIpc) is 2.97. The van der Waals surface area contributed by atoms with Gasteiger partial charge in [-0.25, -0.2) is 0 Å². The Balaban J connectivity index is 0.00000242. The Morgan fingerprint density at radius 3 is 2.45 bits per heavy atom. The molecule has 0 aliphatic rings. The number of hydrogen-bond acceptors (Lipinski definition) is 5. The fourth-order valence-electron chi connectivity index (χ4n) is 1.76. The third-order valence-corrected chi connectivity index (χ3v) is 3.41. The van der Waals surface area contributed by atoms with E-state index >= 15 is 0 Å². The van der Waals surface area contributed by atoms with Crippen molar-refractivity contribution in [3.8, 4) is 11.5 Å². The molecular weight excluding hydrogens is 304 g/mol. The Hall–Kier alpha value is -1.92. The number of amides is 1. The van der Waals surface area contributed by atoms with Crippen LogP contribution in [0.3, 0.4) is 0 Å². The molecule has 3 unspecified atom stereocenters. The second kappa shape index (κ2) is 7.91. The molecule has 1 aromatic heterocycles. The van der Waals surface area contributed by atoms with Gasteiger partial charge >= 0.3 is 0 Å². The molecule has 120 valence electrons. The molecule has 2 aromatic rings. The zero-order valence-electron chi connectivity index (χ0n) is 12.8. The van der Waals surface area contributed by atoms with Crippen molar-refractivity contribution < 1.29 is 9.32 Å². The molecule has 1 heterocycles. The monoisotopic (exact) mass is 324 g/mol. The number of aromatic nitrogens is 2. The Labute approximate surface area is 135 Å². The van der Waals surface area contributed by atoms with Crippen molar-refractivity contribution in [1.82, 2.24) is 15.5 Å². The number of carbonyl (C=O) groups excluding carboxylic acids is 1. The van der Waals surface area contributed by atoms with E-state index in [2.05, 4.69) is 15.5 Å². The smallest absolute Gasteiger partial charge is 0.257 e. The molecule has 6 nitrogen and oxygen atoms in total. The molecule has 0 bridgehead atoms. The number of hydrogen-bond donors (Lipinski definition) is 2. The lowest BCUT2D eigenvalue weighted by Crippen LogP contribution is -2.39. The lowest BCUT2D eigenvalue weighted by atomic mass is 10.0. The highest BCUT2D eigenvalue weighted by molar-refractivity contribution is 5.85. The van der Waals surface area contributed by atoms with Crippen LogP contribution in [0.15, 0.2) is 34.9 Å². The maximum absolute atomic E-state index is 12.0. The fraction of sp³-hybridized carbons (Fsp3) is 0.400. The van der Waals surface area contributed by atoms with E-state index in [9.17, 15) is 4.79 Å². The van der Waals surface area contributed by atoms with Crippen molar-refractivity contribution in [3.05, 3.63) is 36.2 Å². The third-order valence-electron chi connectivity index (χ3n) is 3.41. The zero-order valence-corrected chi connectivity index (χ0v) is 13.6. The van der Waals surface area contributed by atoms with Crippen LogP contribution in [0.5, 0.6) is 0 Å². The number of nitrogens with one attached hydrogen (secondary N) is 1. The SMILES string of the molecule is CC(NC(=O)C(C)C(C)N)c1noc(-c2ccccc2)n1.Cl. The zero-order chi connectivity index (χ0) is 15.4. The van der Waals surface area contributed by atoms with E-state index in [1.807, 2.05) is 37.3 Å². The number of benzene rings is 1. The second-order valence-corrected chi connectivity index (χ2v) is 5.20. The van der Waals surface area contributed by atoms with Crippen LogP contribution in [0.1, 0.15) is 32.6 Å². The summed E-state index contributed by atoms with van der Waals surface area (Å²) in [6.07, 6.45) is 0. The molecule has 2 rings (SSSR count). The second-order valence-electron chi connectivity index (χ2n) is 5.20. The first-order valence-corrected chi connectivity index (χ1v) is 6.94. The van der Waals surface area contributed by atoms with Crippen LogP contribution in [0, 0.1) is 5.92 Å². The summed E-state index contributed by atoms with van der Waals surface area (Å²) in [5, 5.41) is 6.76. The highest BCUT2D eigenvalue weighted by Gasteiger charge is 2.22. The van der Waals surface area contributed by atoms with Crippen LogP contribution in [0.2, 0.25) is 0 Å². The van der Waals surface area contributed by atoms with E-state index in [1.165, 1.54) is 0 Å². The largest absolute Gasteiger partial charge is 0.346 e. The van der Waals surface area contributed by atoms with E-state index in [1.54, 1.807) is 13.8 Å². The summed E-state index contributed by atoms with van der Waals surface area (Å²) in [6.45, 7) is 5.40. The van der Waals surface area contributed by atoms with Gasteiger partial charge in [0, 0.05) is 17.5 Å². The van der Waals surface area contributed by atoms with Gasteiger partial charge in [-0.2, -0.15) is 4.98 Å². The molecule has 7 heteroatoms. The molecule has 0 spiro atoms. The predicted molar refractivity (Wildman–Crippen MR) is 86.4 cm³/mol. The van der Waals surface area contributed by atoms with E-state index in [0.29, 0.717) is 11.7 Å². The molecule has 0 saturated carbocycles. The van der Waals surface area contributed by atoms with Crippen LogP contribution >= 0.6 is 12.4 Å². The normalized spacial score (nSPS) is 14.5. The van der Waals surface area contributed by atoms with Gasteiger partial charge in [0.25, 0.3) is 5.89 Å². The minimum absolute atomic E-state index is 0. The highest BCUT2D eigenvalue weighted by atomic mass is 35.5. The molecule has 0 aliphatic heterocycles. The number of halogens is 1. The topological polar surface area (TPSA) is 94.0 Å². The van der Waals surface area contributed by atoms with Crippen molar-refractivity contribution in [3.63, 3.8) is 0 Å². The first kappa shape index (κ1) is 18.1. The minimum Gasteiger partial charge on any atom is -0.346 e. The van der Waals surface area contributed by atoms with Gasteiger partial charge in [-0.05, 0) is 26.0 Å². The van der Waals surface area contributed by atoms with Gasteiger partial charge in [0.05, 0.1) is 6.04 Å². The molecule has 3 atom stereocenters. The van der Waals surface area contributed by atoms with Crippen LogP contribution in [0.4, 0.5) is 0 Å². The molecular formula is C15H21ClN4O2. The predicted octanol–water partition coefficient (Wildman–Crippen LogP) is 2.32. The number of carbonyl (C=O) groups is 1. The minimum atomic E-state index is -0.333. The van der Waals surface area contributed by atoms with Gasteiger partial charge in [-0.3, -0.25) is 4.79 Å². The molecule has 22 heavy (non-hydrogen) atoms. The summed E-state index contributed by atoms with van der Waals surface area (Å²) in [5.74, 6) is 0.488. The molecule has 0 saturated heterocycles. The summed E-state index contributed by atoms with van der Waals surface area (Å²) >= 11 is 0. The first-order valence-electron chi connectivity index (χ1n) is 6.94. The van der Waals surface area contributed by atoms with E-state index in [-0.39, 0.29) is 36.3 Å². The van der Waals surface area contributed by atoms with Gasteiger partial charge in [0.15, 0.2) is 5.82 Å². The average molecular weight is 325 g/mol. The standard InChI is InChI=1S/C15H20N4O2.ClH/c1-9(10(2)16)14(20)17-11(3)13-18-15(21-19-13)12-7-5-4-6-8-12;/h4-11H,16H2,1-3H3,(H,17,20);1H.